The van der Waals surface area contributed by atoms with Crippen molar-refractivity contribution in [3.05, 3.63) is 52.5 Å². The highest BCUT2D eigenvalue weighted by atomic mass is 32.1. The van der Waals surface area contributed by atoms with Crippen LogP contribution in [0.25, 0.3) is 10.2 Å². The number of halogens is 3. The summed E-state index contributed by atoms with van der Waals surface area (Å²) in [6.07, 6.45) is -2.09. The quantitative estimate of drug-likeness (QED) is 0.689. The van der Waals surface area contributed by atoms with Gasteiger partial charge in [0.05, 0.1) is 21.5 Å². The molecule has 0 amide bonds. The lowest BCUT2D eigenvalue weighted by atomic mass is 10.1. The molecule has 1 aliphatic rings. The molecular weight excluding hydrogens is 373 g/mol. The van der Waals surface area contributed by atoms with Crippen molar-refractivity contribution in [2.45, 2.75) is 32.1 Å². The molecule has 3 heterocycles. The second-order valence-electron chi connectivity index (χ2n) is 6.56. The van der Waals surface area contributed by atoms with Gasteiger partial charge in [0.1, 0.15) is 0 Å². The third-order valence-electron chi connectivity index (χ3n) is 4.68. The van der Waals surface area contributed by atoms with Crippen molar-refractivity contribution in [1.82, 2.24) is 15.3 Å². The number of benzene rings is 1. The first-order chi connectivity index (χ1) is 13.0. The van der Waals surface area contributed by atoms with Crippen LogP contribution in [0.5, 0.6) is 0 Å². The number of anilines is 1. The van der Waals surface area contributed by atoms with E-state index < -0.39 is 11.7 Å². The van der Waals surface area contributed by atoms with Crippen molar-refractivity contribution in [3.63, 3.8) is 0 Å². The molecule has 0 aliphatic carbocycles. The van der Waals surface area contributed by atoms with Gasteiger partial charge in [-0.2, -0.15) is 13.2 Å². The fourth-order valence-corrected chi connectivity index (χ4v) is 4.18. The maximum absolute atomic E-state index is 13.1. The van der Waals surface area contributed by atoms with Crippen LogP contribution in [0.1, 0.15) is 29.7 Å². The van der Waals surface area contributed by atoms with Crippen LogP contribution in [0.15, 0.2) is 35.7 Å². The molecule has 0 spiro atoms. The minimum atomic E-state index is -4.35. The second kappa shape index (κ2) is 7.44. The minimum absolute atomic E-state index is 0.131. The zero-order chi connectivity index (χ0) is 18.9. The molecule has 1 N–H and O–H groups in total. The van der Waals surface area contributed by atoms with Crippen molar-refractivity contribution in [3.8, 4) is 0 Å². The Morgan fingerprint density at radius 2 is 1.81 bits per heavy atom. The van der Waals surface area contributed by atoms with Gasteiger partial charge in [0.25, 0.3) is 0 Å². The van der Waals surface area contributed by atoms with Crippen molar-refractivity contribution in [2.75, 3.05) is 18.0 Å². The van der Waals surface area contributed by atoms with Crippen LogP contribution >= 0.6 is 11.3 Å². The summed E-state index contributed by atoms with van der Waals surface area (Å²) in [5, 5.41) is 5.10. The number of hydrogen-bond donors (Lipinski definition) is 1. The predicted molar refractivity (Wildman–Crippen MR) is 101 cm³/mol. The summed E-state index contributed by atoms with van der Waals surface area (Å²) in [7, 11) is 0. The second-order valence-corrected chi connectivity index (χ2v) is 7.47. The number of alkyl halides is 3. The molecule has 3 aromatic rings. The number of nitrogens with zero attached hydrogens (tertiary/aromatic N) is 3. The van der Waals surface area contributed by atoms with E-state index in [-0.39, 0.29) is 12.1 Å². The van der Waals surface area contributed by atoms with Gasteiger partial charge in [0.15, 0.2) is 0 Å². The lowest BCUT2D eigenvalue weighted by Gasteiger charge is -2.17. The van der Waals surface area contributed by atoms with Crippen LogP contribution in [-0.4, -0.2) is 23.1 Å². The highest BCUT2D eigenvalue weighted by Gasteiger charge is 2.32. The molecule has 4 rings (SSSR count). The smallest absolute Gasteiger partial charge is 0.341 e. The SMILES string of the molecule is FC(F)(F)c1ccccc1CNCc1nc(N2CCCC2)nc2ccsc12. The number of aromatic nitrogens is 2. The van der Waals surface area contributed by atoms with Gasteiger partial charge >= 0.3 is 6.18 Å². The first kappa shape index (κ1) is 18.2. The Morgan fingerprint density at radius 3 is 2.59 bits per heavy atom. The number of hydrogen-bond acceptors (Lipinski definition) is 5. The lowest BCUT2D eigenvalue weighted by Crippen LogP contribution is -2.22. The zero-order valence-electron chi connectivity index (χ0n) is 14.6. The van der Waals surface area contributed by atoms with Gasteiger partial charge in [0.2, 0.25) is 5.95 Å². The molecule has 0 atom stereocenters. The van der Waals surface area contributed by atoms with E-state index in [1.807, 2.05) is 11.4 Å². The third-order valence-corrected chi connectivity index (χ3v) is 5.63. The number of rotatable bonds is 5. The fraction of sp³-hybridized carbons (Fsp3) is 0.368. The molecule has 0 radical (unpaired) electrons. The van der Waals surface area contributed by atoms with Crippen molar-refractivity contribution < 1.29 is 13.2 Å². The van der Waals surface area contributed by atoms with E-state index in [4.69, 9.17) is 4.98 Å². The molecular formula is C19H19F3N4S. The van der Waals surface area contributed by atoms with Crippen LogP contribution in [0, 0.1) is 0 Å². The van der Waals surface area contributed by atoms with E-state index in [1.54, 1.807) is 17.4 Å². The summed E-state index contributed by atoms with van der Waals surface area (Å²) in [6.45, 7) is 2.42. The zero-order valence-corrected chi connectivity index (χ0v) is 15.4. The first-order valence-corrected chi connectivity index (χ1v) is 9.75. The molecule has 27 heavy (non-hydrogen) atoms. The highest BCUT2D eigenvalue weighted by molar-refractivity contribution is 7.17. The van der Waals surface area contributed by atoms with Gasteiger partial charge in [-0.25, -0.2) is 9.97 Å². The topological polar surface area (TPSA) is 41.1 Å². The third kappa shape index (κ3) is 3.91. The van der Waals surface area contributed by atoms with E-state index in [2.05, 4.69) is 15.2 Å². The Hall–Kier alpha value is -2.19. The number of thiophene rings is 1. The maximum Gasteiger partial charge on any atom is 0.416 e. The standard InChI is InChI=1S/C19H19F3N4S/c20-19(21,22)14-6-2-1-5-13(14)11-23-12-16-17-15(7-10-27-17)24-18(25-16)26-8-3-4-9-26/h1-2,5-7,10,23H,3-4,8-9,11-12H2. The number of nitrogens with one attached hydrogen (secondary N) is 1. The van der Waals surface area contributed by atoms with E-state index >= 15 is 0 Å². The summed E-state index contributed by atoms with van der Waals surface area (Å²) >= 11 is 1.56. The van der Waals surface area contributed by atoms with Gasteiger partial charge in [-0.15, -0.1) is 11.3 Å². The monoisotopic (exact) mass is 392 g/mol. The molecule has 0 saturated carbocycles. The van der Waals surface area contributed by atoms with Crippen LogP contribution in [-0.2, 0) is 19.3 Å². The fourth-order valence-electron chi connectivity index (χ4n) is 3.36. The predicted octanol–water partition coefficient (Wildman–Crippen LogP) is 4.60. The average Bonchev–Trinajstić information content (AvgIpc) is 3.33. The molecule has 8 heteroatoms. The summed E-state index contributed by atoms with van der Waals surface area (Å²) in [5.41, 5.74) is 1.37. The molecule has 142 valence electrons. The number of fused-ring (bicyclic) bond motifs is 1. The Labute approximate surface area is 159 Å². The highest BCUT2D eigenvalue weighted by Crippen LogP contribution is 2.32. The molecule has 1 fully saturated rings. The molecule has 1 aliphatic heterocycles. The Balaban J connectivity index is 1.53. The summed E-state index contributed by atoms with van der Waals surface area (Å²) < 4.78 is 40.4. The van der Waals surface area contributed by atoms with Crippen LogP contribution in [0.4, 0.5) is 19.1 Å². The first-order valence-electron chi connectivity index (χ1n) is 8.87. The average molecular weight is 392 g/mol. The molecule has 1 saturated heterocycles. The van der Waals surface area contributed by atoms with Gasteiger partial charge in [-0.3, -0.25) is 0 Å². The van der Waals surface area contributed by atoms with Crippen molar-refractivity contribution >= 4 is 27.5 Å². The van der Waals surface area contributed by atoms with E-state index in [1.165, 1.54) is 12.1 Å². The van der Waals surface area contributed by atoms with Gasteiger partial charge in [-0.05, 0) is 35.9 Å². The molecule has 0 bridgehead atoms. The van der Waals surface area contributed by atoms with Crippen molar-refractivity contribution in [1.29, 1.82) is 0 Å². The van der Waals surface area contributed by atoms with Gasteiger partial charge < -0.3 is 10.2 Å². The lowest BCUT2D eigenvalue weighted by molar-refractivity contribution is -0.138. The van der Waals surface area contributed by atoms with Crippen LogP contribution in [0.2, 0.25) is 0 Å². The normalized spacial score (nSPS) is 15.0. The van der Waals surface area contributed by atoms with Crippen LogP contribution < -0.4 is 10.2 Å². The summed E-state index contributed by atoms with van der Waals surface area (Å²) in [5.74, 6) is 0.714. The minimum Gasteiger partial charge on any atom is -0.341 e. The van der Waals surface area contributed by atoms with E-state index in [0.29, 0.717) is 12.5 Å². The Kier molecular flexibility index (Phi) is 5.01. The summed E-state index contributed by atoms with van der Waals surface area (Å²) in [4.78, 5) is 11.5. The largest absolute Gasteiger partial charge is 0.416 e. The van der Waals surface area contributed by atoms with E-state index in [0.717, 1.165) is 47.9 Å². The van der Waals surface area contributed by atoms with Crippen molar-refractivity contribution in [2.24, 2.45) is 0 Å². The van der Waals surface area contributed by atoms with Gasteiger partial charge in [-0.1, -0.05) is 18.2 Å². The maximum atomic E-state index is 13.1. The van der Waals surface area contributed by atoms with E-state index in [9.17, 15) is 13.2 Å². The molecule has 2 aromatic heterocycles. The molecule has 0 unspecified atom stereocenters. The Morgan fingerprint density at radius 1 is 1.04 bits per heavy atom. The molecule has 4 nitrogen and oxygen atoms in total. The van der Waals surface area contributed by atoms with Gasteiger partial charge in [0, 0.05) is 26.2 Å². The Bertz CT molecular complexity index is 932. The van der Waals surface area contributed by atoms with Crippen LogP contribution in [0.3, 0.4) is 0 Å². The molecule has 1 aromatic carbocycles. The summed E-state index contributed by atoms with van der Waals surface area (Å²) in [6, 6.07) is 7.62.